The van der Waals surface area contributed by atoms with Crippen molar-refractivity contribution in [1.82, 2.24) is 9.38 Å². The Morgan fingerprint density at radius 3 is 2.65 bits per heavy atom. The van der Waals surface area contributed by atoms with Crippen molar-refractivity contribution in [2.45, 2.75) is 13.8 Å². The molecule has 0 saturated heterocycles. The van der Waals surface area contributed by atoms with Crippen LogP contribution in [0.1, 0.15) is 11.1 Å². The van der Waals surface area contributed by atoms with Crippen molar-refractivity contribution in [2.75, 3.05) is 5.73 Å². The zero-order chi connectivity index (χ0) is 14.4. The van der Waals surface area contributed by atoms with Crippen LogP contribution < -0.4 is 5.73 Å². The van der Waals surface area contributed by atoms with Gasteiger partial charge in [-0.3, -0.25) is 4.40 Å². The minimum absolute atomic E-state index is 0.227. The zero-order valence-electron chi connectivity index (χ0n) is 11.1. The summed E-state index contributed by atoms with van der Waals surface area (Å²) < 4.78 is 16.2. The van der Waals surface area contributed by atoms with Gasteiger partial charge in [0.25, 0.3) is 0 Å². The van der Waals surface area contributed by atoms with Crippen LogP contribution in [0.4, 0.5) is 10.2 Å². The minimum Gasteiger partial charge on any atom is -0.383 e. The Balaban J connectivity index is 2.26. The summed E-state index contributed by atoms with van der Waals surface area (Å²) >= 11 is 3.48. The number of hydrogen-bond donors (Lipinski definition) is 1. The monoisotopic (exact) mass is 333 g/mol. The van der Waals surface area contributed by atoms with E-state index in [0.717, 1.165) is 21.2 Å². The van der Waals surface area contributed by atoms with E-state index in [1.165, 1.54) is 6.07 Å². The van der Waals surface area contributed by atoms with Gasteiger partial charge in [0.2, 0.25) is 0 Å². The highest BCUT2D eigenvalue weighted by Gasteiger charge is 2.13. The Bertz CT molecular complexity index is 824. The highest BCUT2D eigenvalue weighted by Crippen LogP contribution is 2.29. The lowest BCUT2D eigenvalue weighted by atomic mass is 10.1. The Labute approximate surface area is 124 Å². The van der Waals surface area contributed by atoms with E-state index in [0.29, 0.717) is 17.1 Å². The molecule has 0 atom stereocenters. The number of hydrogen-bond acceptors (Lipinski definition) is 2. The predicted octanol–water partition coefficient (Wildman–Crippen LogP) is 4.10. The van der Waals surface area contributed by atoms with Crippen LogP contribution in [0, 0.1) is 19.7 Å². The molecular weight excluding hydrogens is 321 g/mol. The number of nitrogens with two attached hydrogens (primary N) is 1. The molecule has 2 aromatic heterocycles. The number of nitrogens with zero attached hydrogens (tertiary/aromatic N) is 2. The first-order valence-corrected chi connectivity index (χ1v) is 6.97. The number of imidazole rings is 1. The highest BCUT2D eigenvalue weighted by molar-refractivity contribution is 9.10. The second-order valence-electron chi connectivity index (χ2n) is 4.84. The quantitative estimate of drug-likeness (QED) is 0.728. The highest BCUT2D eigenvalue weighted by atomic mass is 79.9. The summed E-state index contributed by atoms with van der Waals surface area (Å²) in [7, 11) is 0. The molecule has 102 valence electrons. The first kappa shape index (κ1) is 13.1. The average Bonchev–Trinajstić information content (AvgIpc) is 2.71. The summed E-state index contributed by atoms with van der Waals surface area (Å²) in [5.74, 6) is 0.321. The third-order valence-corrected chi connectivity index (χ3v) is 4.20. The molecule has 0 unspecified atom stereocenters. The van der Waals surface area contributed by atoms with Gasteiger partial charge in [0.05, 0.1) is 0 Å². The molecule has 20 heavy (non-hydrogen) atoms. The zero-order valence-corrected chi connectivity index (χ0v) is 12.7. The third kappa shape index (κ3) is 1.98. The van der Waals surface area contributed by atoms with Crippen LogP contribution in [0.25, 0.3) is 16.9 Å². The van der Waals surface area contributed by atoms with Crippen LogP contribution in [0.2, 0.25) is 0 Å². The van der Waals surface area contributed by atoms with E-state index in [9.17, 15) is 4.39 Å². The second kappa shape index (κ2) is 4.59. The molecular formula is C15H13BrFN3. The molecule has 0 bridgehead atoms. The number of halogens is 2. The van der Waals surface area contributed by atoms with E-state index in [1.54, 1.807) is 19.1 Å². The molecule has 2 heterocycles. The number of benzene rings is 1. The molecule has 0 amide bonds. The Morgan fingerprint density at radius 2 is 1.95 bits per heavy atom. The topological polar surface area (TPSA) is 43.3 Å². The maximum absolute atomic E-state index is 13.4. The molecule has 3 aromatic rings. The van der Waals surface area contributed by atoms with E-state index < -0.39 is 0 Å². The summed E-state index contributed by atoms with van der Waals surface area (Å²) in [5, 5.41) is 0. The molecule has 2 N–H and O–H groups in total. The minimum atomic E-state index is -0.227. The van der Waals surface area contributed by atoms with E-state index >= 15 is 0 Å². The lowest BCUT2D eigenvalue weighted by Gasteiger charge is -2.03. The number of nitrogen functional groups attached to an aromatic ring is 1. The van der Waals surface area contributed by atoms with Crippen LogP contribution in [-0.4, -0.2) is 9.38 Å². The lowest BCUT2D eigenvalue weighted by Crippen LogP contribution is -1.95. The average molecular weight is 334 g/mol. The van der Waals surface area contributed by atoms with Crippen molar-refractivity contribution in [3.8, 4) is 11.3 Å². The molecule has 0 aliphatic carbocycles. The van der Waals surface area contributed by atoms with Crippen molar-refractivity contribution < 1.29 is 4.39 Å². The first-order chi connectivity index (χ1) is 9.47. The molecule has 3 rings (SSSR count). The fourth-order valence-corrected chi connectivity index (χ4v) is 2.50. The Kier molecular flexibility index (Phi) is 3.01. The van der Waals surface area contributed by atoms with Gasteiger partial charge in [-0.2, -0.15) is 0 Å². The van der Waals surface area contributed by atoms with Gasteiger partial charge in [0, 0.05) is 16.2 Å². The molecule has 3 nitrogen and oxygen atoms in total. The third-order valence-electron chi connectivity index (χ3n) is 3.37. The SMILES string of the molecule is Cc1cc(-c2nc3cc(C)c(Br)cn3c2N)ccc1F. The summed E-state index contributed by atoms with van der Waals surface area (Å²) in [6.45, 7) is 3.72. The van der Waals surface area contributed by atoms with Crippen LogP contribution in [0.3, 0.4) is 0 Å². The second-order valence-corrected chi connectivity index (χ2v) is 5.70. The van der Waals surface area contributed by atoms with Gasteiger partial charge in [-0.25, -0.2) is 9.37 Å². The molecule has 1 aromatic carbocycles. The van der Waals surface area contributed by atoms with Crippen LogP contribution in [0.15, 0.2) is 34.9 Å². The molecule has 0 saturated carbocycles. The fourth-order valence-electron chi connectivity index (χ4n) is 2.18. The maximum Gasteiger partial charge on any atom is 0.139 e. The number of rotatable bonds is 1. The van der Waals surface area contributed by atoms with Gasteiger partial charge in [-0.05, 0) is 65.2 Å². The fraction of sp³-hybridized carbons (Fsp3) is 0.133. The normalized spacial score (nSPS) is 11.2. The van der Waals surface area contributed by atoms with Gasteiger partial charge in [0.1, 0.15) is 23.0 Å². The number of fused-ring (bicyclic) bond motifs is 1. The molecule has 0 aliphatic rings. The van der Waals surface area contributed by atoms with Gasteiger partial charge >= 0.3 is 0 Å². The largest absolute Gasteiger partial charge is 0.383 e. The van der Waals surface area contributed by atoms with Gasteiger partial charge in [0.15, 0.2) is 0 Å². The maximum atomic E-state index is 13.4. The van der Waals surface area contributed by atoms with E-state index in [4.69, 9.17) is 5.73 Å². The van der Waals surface area contributed by atoms with Crippen molar-refractivity contribution in [2.24, 2.45) is 0 Å². The van der Waals surface area contributed by atoms with Gasteiger partial charge < -0.3 is 5.73 Å². The molecule has 0 fully saturated rings. The van der Waals surface area contributed by atoms with Gasteiger partial charge in [-0.1, -0.05) is 0 Å². The van der Waals surface area contributed by atoms with Crippen molar-refractivity contribution >= 4 is 27.4 Å². The molecule has 0 aliphatic heterocycles. The smallest absolute Gasteiger partial charge is 0.139 e. The summed E-state index contributed by atoms with van der Waals surface area (Å²) in [4.78, 5) is 4.55. The predicted molar refractivity (Wildman–Crippen MR) is 82.2 cm³/mol. The van der Waals surface area contributed by atoms with Crippen molar-refractivity contribution in [3.63, 3.8) is 0 Å². The van der Waals surface area contributed by atoms with E-state index in [1.807, 2.05) is 23.6 Å². The Morgan fingerprint density at radius 1 is 1.20 bits per heavy atom. The standard InChI is InChI=1S/C15H13BrFN3/c1-8-6-13-19-14(15(18)20(13)7-11(8)16)10-3-4-12(17)9(2)5-10/h3-7H,18H2,1-2H3. The van der Waals surface area contributed by atoms with Gasteiger partial charge in [-0.15, -0.1) is 0 Å². The first-order valence-electron chi connectivity index (χ1n) is 6.17. The van der Waals surface area contributed by atoms with E-state index in [2.05, 4.69) is 20.9 Å². The van der Waals surface area contributed by atoms with Crippen LogP contribution >= 0.6 is 15.9 Å². The van der Waals surface area contributed by atoms with Crippen LogP contribution in [-0.2, 0) is 0 Å². The molecule has 0 spiro atoms. The van der Waals surface area contributed by atoms with Crippen molar-refractivity contribution in [1.29, 1.82) is 0 Å². The number of anilines is 1. The summed E-state index contributed by atoms with van der Waals surface area (Å²) in [6.07, 6.45) is 1.90. The van der Waals surface area contributed by atoms with Crippen molar-refractivity contribution in [3.05, 3.63) is 51.9 Å². The van der Waals surface area contributed by atoms with Crippen LogP contribution in [0.5, 0.6) is 0 Å². The lowest BCUT2D eigenvalue weighted by molar-refractivity contribution is 0.619. The summed E-state index contributed by atoms with van der Waals surface area (Å²) in [6, 6.07) is 6.85. The summed E-state index contributed by atoms with van der Waals surface area (Å²) in [5.41, 5.74) is 10.1. The molecule has 0 radical (unpaired) electrons. The number of aromatic nitrogens is 2. The Hall–Kier alpha value is -1.88. The number of aryl methyl sites for hydroxylation is 2. The number of pyridine rings is 1. The molecule has 5 heteroatoms. The van der Waals surface area contributed by atoms with E-state index in [-0.39, 0.29) is 5.82 Å².